The second-order valence-electron chi connectivity index (χ2n) is 5.57. The highest BCUT2D eigenvalue weighted by Crippen LogP contribution is 2.47. The van der Waals surface area contributed by atoms with Gasteiger partial charge in [-0.15, -0.1) is 0 Å². The maximum Gasteiger partial charge on any atom is 0.303 e. The number of hydrogen-bond acceptors (Lipinski definition) is 4. The van der Waals surface area contributed by atoms with Crippen LogP contribution < -0.4 is 15.2 Å². The van der Waals surface area contributed by atoms with E-state index in [-0.39, 0.29) is 12.5 Å². The molecule has 0 radical (unpaired) electrons. The molecule has 3 rings (SSSR count). The fourth-order valence-corrected chi connectivity index (χ4v) is 2.90. The van der Waals surface area contributed by atoms with E-state index < -0.39 is 11.8 Å². The third-order valence-electron chi connectivity index (χ3n) is 4.02. The summed E-state index contributed by atoms with van der Waals surface area (Å²) in [5, 5.41) is 8.70. The van der Waals surface area contributed by atoms with Crippen LogP contribution in [0.25, 0.3) is 0 Å². The lowest BCUT2D eigenvalue weighted by molar-refractivity contribution is -0.137. The lowest BCUT2D eigenvalue weighted by atomic mass is 10.0. The highest BCUT2D eigenvalue weighted by Gasteiger charge is 2.44. The molecule has 0 saturated heterocycles. The molecule has 1 heterocycles. The first kappa shape index (κ1) is 13.2. The molecule has 1 aromatic carbocycles. The molecule has 1 aromatic rings. The Labute approximate surface area is 117 Å². The molecule has 0 amide bonds. The smallest absolute Gasteiger partial charge is 0.303 e. The lowest BCUT2D eigenvalue weighted by Crippen LogP contribution is -2.34. The Balaban J connectivity index is 1.73. The summed E-state index contributed by atoms with van der Waals surface area (Å²) >= 11 is 0. The first-order chi connectivity index (χ1) is 9.58. The molecular formula is C15H19NO4. The topological polar surface area (TPSA) is 81.8 Å². The van der Waals surface area contributed by atoms with E-state index in [1.165, 1.54) is 0 Å². The zero-order valence-corrected chi connectivity index (χ0v) is 11.3. The van der Waals surface area contributed by atoms with Crippen LogP contribution in [0.3, 0.4) is 0 Å². The highest BCUT2D eigenvalue weighted by molar-refractivity contribution is 5.66. The molecule has 1 aliphatic heterocycles. The van der Waals surface area contributed by atoms with Crippen molar-refractivity contribution in [3.8, 4) is 11.5 Å². The summed E-state index contributed by atoms with van der Waals surface area (Å²) in [6, 6.07) is 5.36. The zero-order chi connectivity index (χ0) is 14.2. The average Bonchev–Trinajstić information content (AvgIpc) is 3.01. The van der Waals surface area contributed by atoms with E-state index in [0.29, 0.717) is 6.42 Å². The van der Waals surface area contributed by atoms with E-state index >= 15 is 0 Å². The van der Waals surface area contributed by atoms with Crippen LogP contribution in [0.1, 0.15) is 50.1 Å². The molecule has 1 atom stereocenters. The number of hydrogen-bond donors (Lipinski definition) is 2. The lowest BCUT2D eigenvalue weighted by Gasteiger charge is -2.21. The number of aliphatic carboxylic acids is 1. The Bertz CT molecular complexity index is 523. The Morgan fingerprint density at radius 3 is 2.70 bits per heavy atom. The van der Waals surface area contributed by atoms with Gasteiger partial charge < -0.3 is 20.3 Å². The van der Waals surface area contributed by atoms with Gasteiger partial charge in [0.2, 0.25) is 0 Å². The Kier molecular flexibility index (Phi) is 3.30. The normalized spacial score (nSPS) is 20.2. The van der Waals surface area contributed by atoms with Crippen molar-refractivity contribution in [1.29, 1.82) is 0 Å². The number of carboxylic acids is 1. The molecule has 108 valence electrons. The summed E-state index contributed by atoms with van der Waals surface area (Å²) in [4.78, 5) is 10.6. The van der Waals surface area contributed by atoms with E-state index in [1.54, 1.807) is 0 Å². The van der Waals surface area contributed by atoms with Gasteiger partial charge in [0.25, 0.3) is 5.79 Å². The third kappa shape index (κ3) is 2.45. The summed E-state index contributed by atoms with van der Waals surface area (Å²) < 4.78 is 11.9. The molecule has 3 N–H and O–H groups in total. The van der Waals surface area contributed by atoms with Crippen molar-refractivity contribution in [3.63, 3.8) is 0 Å². The monoisotopic (exact) mass is 277 g/mol. The zero-order valence-electron chi connectivity index (χ0n) is 11.3. The van der Waals surface area contributed by atoms with Crippen LogP contribution in [0.4, 0.5) is 0 Å². The van der Waals surface area contributed by atoms with Crippen LogP contribution in [0.5, 0.6) is 11.5 Å². The Hall–Kier alpha value is -1.75. The first-order valence-corrected chi connectivity index (χ1v) is 7.07. The molecule has 5 nitrogen and oxygen atoms in total. The van der Waals surface area contributed by atoms with Crippen molar-refractivity contribution in [2.45, 2.75) is 50.4 Å². The highest BCUT2D eigenvalue weighted by atomic mass is 16.7. The minimum Gasteiger partial charge on any atom is -0.481 e. The van der Waals surface area contributed by atoms with Gasteiger partial charge in [0.15, 0.2) is 11.5 Å². The number of benzene rings is 1. The molecule has 0 aromatic heterocycles. The van der Waals surface area contributed by atoms with Crippen molar-refractivity contribution >= 4 is 5.97 Å². The van der Waals surface area contributed by atoms with Gasteiger partial charge in [0.05, 0.1) is 0 Å². The van der Waals surface area contributed by atoms with E-state index in [2.05, 4.69) is 0 Å². The summed E-state index contributed by atoms with van der Waals surface area (Å²) in [5.74, 6) is 0.203. The molecule has 1 spiro atoms. The molecule has 0 bridgehead atoms. The Morgan fingerprint density at radius 2 is 2.00 bits per heavy atom. The van der Waals surface area contributed by atoms with Gasteiger partial charge in [0.1, 0.15) is 0 Å². The molecular weight excluding hydrogens is 258 g/mol. The van der Waals surface area contributed by atoms with Gasteiger partial charge >= 0.3 is 5.97 Å². The number of carboxylic acid groups (broad SMARTS) is 1. The number of carbonyl (C=O) groups is 1. The van der Waals surface area contributed by atoms with E-state index in [4.69, 9.17) is 20.3 Å². The van der Waals surface area contributed by atoms with Crippen LogP contribution in [0.15, 0.2) is 18.2 Å². The van der Waals surface area contributed by atoms with Crippen molar-refractivity contribution in [3.05, 3.63) is 23.8 Å². The minimum atomic E-state index is -0.828. The van der Waals surface area contributed by atoms with E-state index in [9.17, 15) is 4.79 Å². The SMILES string of the molecule is NC(CCC(=O)O)c1ccc2c(c1)OC1(CCCC1)O2. The van der Waals surface area contributed by atoms with Crippen LogP contribution in [0, 0.1) is 0 Å². The van der Waals surface area contributed by atoms with Gasteiger partial charge in [-0.3, -0.25) is 4.79 Å². The van der Waals surface area contributed by atoms with Crippen LogP contribution >= 0.6 is 0 Å². The largest absolute Gasteiger partial charge is 0.481 e. The molecule has 1 saturated carbocycles. The van der Waals surface area contributed by atoms with Gasteiger partial charge in [-0.25, -0.2) is 0 Å². The molecule has 5 heteroatoms. The van der Waals surface area contributed by atoms with Crippen molar-refractivity contribution < 1.29 is 19.4 Å². The summed E-state index contributed by atoms with van der Waals surface area (Å²) in [6.45, 7) is 0. The second-order valence-corrected chi connectivity index (χ2v) is 5.57. The van der Waals surface area contributed by atoms with E-state index in [1.807, 2.05) is 18.2 Å². The van der Waals surface area contributed by atoms with Crippen molar-refractivity contribution in [2.75, 3.05) is 0 Å². The fourth-order valence-electron chi connectivity index (χ4n) is 2.90. The number of nitrogens with two attached hydrogens (primary N) is 1. The third-order valence-corrected chi connectivity index (χ3v) is 4.02. The average molecular weight is 277 g/mol. The van der Waals surface area contributed by atoms with Gasteiger partial charge in [-0.2, -0.15) is 0 Å². The van der Waals surface area contributed by atoms with Gasteiger partial charge in [-0.1, -0.05) is 6.07 Å². The van der Waals surface area contributed by atoms with E-state index in [0.717, 1.165) is 42.7 Å². The molecule has 1 fully saturated rings. The quantitative estimate of drug-likeness (QED) is 0.884. The number of ether oxygens (including phenoxy) is 2. The summed E-state index contributed by atoms with van der Waals surface area (Å²) in [6.07, 6.45) is 4.57. The standard InChI is InChI=1S/C15H19NO4/c16-11(4-6-14(17)18)10-3-5-12-13(9-10)20-15(19-12)7-1-2-8-15/h3,5,9,11H,1-2,4,6-8,16H2,(H,17,18). The molecule has 1 aliphatic carbocycles. The molecule has 2 aliphatic rings. The van der Waals surface area contributed by atoms with Crippen LogP contribution in [-0.4, -0.2) is 16.9 Å². The summed E-state index contributed by atoms with van der Waals surface area (Å²) in [5.41, 5.74) is 6.91. The van der Waals surface area contributed by atoms with Crippen molar-refractivity contribution in [1.82, 2.24) is 0 Å². The number of fused-ring (bicyclic) bond motifs is 1. The Morgan fingerprint density at radius 1 is 1.30 bits per heavy atom. The summed E-state index contributed by atoms with van der Waals surface area (Å²) in [7, 11) is 0. The first-order valence-electron chi connectivity index (χ1n) is 7.07. The van der Waals surface area contributed by atoms with Crippen LogP contribution in [0.2, 0.25) is 0 Å². The van der Waals surface area contributed by atoms with Gasteiger partial charge in [0, 0.05) is 25.3 Å². The predicted octanol–water partition coefficient (Wildman–Crippen LogP) is 2.59. The maximum absolute atomic E-state index is 10.6. The molecule has 20 heavy (non-hydrogen) atoms. The predicted molar refractivity (Wildman–Crippen MR) is 72.7 cm³/mol. The molecule has 1 unspecified atom stereocenters. The number of rotatable bonds is 4. The van der Waals surface area contributed by atoms with Crippen molar-refractivity contribution in [2.24, 2.45) is 5.73 Å². The fraction of sp³-hybridized carbons (Fsp3) is 0.533. The second kappa shape index (κ2) is 4.98. The van der Waals surface area contributed by atoms with Crippen LogP contribution in [-0.2, 0) is 4.79 Å². The minimum absolute atomic E-state index is 0.0690. The maximum atomic E-state index is 10.6. The van der Waals surface area contributed by atoms with Gasteiger partial charge in [-0.05, 0) is 37.0 Å².